The first-order valence-corrected chi connectivity index (χ1v) is 3.91. The second-order valence-electron chi connectivity index (χ2n) is 2.74. The SMILES string of the molecule is COC(=O)C(N)c1ccc(O)cc1O. The van der Waals surface area contributed by atoms with Gasteiger partial charge in [-0.25, -0.2) is 0 Å². The van der Waals surface area contributed by atoms with Gasteiger partial charge in [-0.05, 0) is 12.1 Å². The Bertz CT molecular complexity index is 351. The zero-order valence-corrected chi connectivity index (χ0v) is 7.60. The highest BCUT2D eigenvalue weighted by Crippen LogP contribution is 2.27. The van der Waals surface area contributed by atoms with E-state index in [4.69, 9.17) is 10.8 Å². The van der Waals surface area contributed by atoms with E-state index in [2.05, 4.69) is 4.74 Å². The van der Waals surface area contributed by atoms with Crippen LogP contribution in [0.15, 0.2) is 18.2 Å². The van der Waals surface area contributed by atoms with Crippen LogP contribution in [0.3, 0.4) is 0 Å². The average Bonchev–Trinajstić information content (AvgIpc) is 2.15. The third-order valence-electron chi connectivity index (χ3n) is 1.80. The molecule has 5 nitrogen and oxygen atoms in total. The van der Waals surface area contributed by atoms with Gasteiger partial charge in [0.1, 0.15) is 17.5 Å². The molecule has 0 saturated heterocycles. The minimum atomic E-state index is -1.04. The molecule has 1 aromatic rings. The van der Waals surface area contributed by atoms with E-state index >= 15 is 0 Å². The molecule has 1 rings (SSSR count). The number of carbonyl (C=O) groups is 1. The molecule has 0 aromatic heterocycles. The fourth-order valence-corrected chi connectivity index (χ4v) is 1.05. The summed E-state index contributed by atoms with van der Waals surface area (Å²) in [5.74, 6) is -0.975. The number of carbonyl (C=O) groups excluding carboxylic acids is 1. The molecule has 0 aliphatic carbocycles. The summed E-state index contributed by atoms with van der Waals surface area (Å²) in [6.07, 6.45) is 0. The number of nitrogens with two attached hydrogens (primary N) is 1. The zero-order valence-electron chi connectivity index (χ0n) is 7.60. The first-order chi connectivity index (χ1) is 6.56. The predicted octanol–water partition coefficient (Wildman–Crippen LogP) is 0.271. The van der Waals surface area contributed by atoms with E-state index < -0.39 is 12.0 Å². The van der Waals surface area contributed by atoms with Crippen LogP contribution in [0, 0.1) is 0 Å². The largest absolute Gasteiger partial charge is 0.508 e. The topological polar surface area (TPSA) is 92.8 Å². The van der Waals surface area contributed by atoms with Crippen LogP contribution < -0.4 is 5.73 Å². The highest BCUT2D eigenvalue weighted by molar-refractivity contribution is 5.78. The Morgan fingerprint density at radius 1 is 1.50 bits per heavy atom. The minimum absolute atomic E-state index is 0.0942. The van der Waals surface area contributed by atoms with Crippen molar-refractivity contribution >= 4 is 5.97 Å². The summed E-state index contributed by atoms with van der Waals surface area (Å²) in [5.41, 5.74) is 5.70. The Hall–Kier alpha value is -1.75. The Balaban J connectivity index is 3.01. The monoisotopic (exact) mass is 197 g/mol. The molecule has 1 aromatic carbocycles. The number of phenolic OH excluding ortho intramolecular Hbond substituents is 2. The van der Waals surface area contributed by atoms with Gasteiger partial charge in [0.05, 0.1) is 7.11 Å². The molecule has 5 heteroatoms. The van der Waals surface area contributed by atoms with E-state index in [9.17, 15) is 9.90 Å². The number of hydrogen-bond acceptors (Lipinski definition) is 5. The molecule has 0 fully saturated rings. The summed E-state index contributed by atoms with van der Waals surface area (Å²) in [6.45, 7) is 0. The van der Waals surface area contributed by atoms with Crippen LogP contribution in [-0.2, 0) is 9.53 Å². The predicted molar refractivity (Wildman–Crippen MR) is 48.7 cm³/mol. The molecule has 0 aliphatic rings. The third-order valence-corrected chi connectivity index (χ3v) is 1.80. The lowest BCUT2D eigenvalue weighted by molar-refractivity contribution is -0.142. The molecule has 1 atom stereocenters. The molecule has 0 saturated carbocycles. The number of ether oxygens (including phenoxy) is 1. The lowest BCUT2D eigenvalue weighted by Crippen LogP contribution is -2.22. The van der Waals surface area contributed by atoms with Gasteiger partial charge in [0.15, 0.2) is 0 Å². The van der Waals surface area contributed by atoms with E-state index in [1.807, 2.05) is 0 Å². The maximum Gasteiger partial charge on any atom is 0.327 e. The average molecular weight is 197 g/mol. The van der Waals surface area contributed by atoms with Gasteiger partial charge in [-0.15, -0.1) is 0 Å². The van der Waals surface area contributed by atoms with Crippen molar-refractivity contribution in [3.05, 3.63) is 23.8 Å². The van der Waals surface area contributed by atoms with Crippen LogP contribution in [0.5, 0.6) is 11.5 Å². The van der Waals surface area contributed by atoms with E-state index in [0.29, 0.717) is 0 Å². The normalized spacial score (nSPS) is 12.1. The summed E-state index contributed by atoms with van der Waals surface area (Å²) >= 11 is 0. The van der Waals surface area contributed by atoms with Crippen LogP contribution >= 0.6 is 0 Å². The Labute approximate surface area is 80.7 Å². The maximum atomic E-state index is 11.0. The fourth-order valence-electron chi connectivity index (χ4n) is 1.05. The van der Waals surface area contributed by atoms with Crippen molar-refractivity contribution in [2.45, 2.75) is 6.04 Å². The van der Waals surface area contributed by atoms with Gasteiger partial charge in [-0.2, -0.15) is 0 Å². The van der Waals surface area contributed by atoms with Crippen molar-refractivity contribution < 1.29 is 19.7 Å². The van der Waals surface area contributed by atoms with Gasteiger partial charge >= 0.3 is 5.97 Å². The second-order valence-corrected chi connectivity index (χ2v) is 2.74. The van der Waals surface area contributed by atoms with Gasteiger partial charge in [-0.3, -0.25) is 4.79 Å². The summed E-state index contributed by atoms with van der Waals surface area (Å²) < 4.78 is 4.41. The van der Waals surface area contributed by atoms with E-state index in [-0.39, 0.29) is 17.1 Å². The van der Waals surface area contributed by atoms with Crippen LogP contribution in [-0.4, -0.2) is 23.3 Å². The molecule has 14 heavy (non-hydrogen) atoms. The third kappa shape index (κ3) is 1.94. The van der Waals surface area contributed by atoms with E-state index in [1.54, 1.807) is 0 Å². The number of rotatable bonds is 2. The fraction of sp³-hybridized carbons (Fsp3) is 0.222. The van der Waals surface area contributed by atoms with Crippen molar-refractivity contribution in [1.29, 1.82) is 0 Å². The molecular weight excluding hydrogens is 186 g/mol. The first kappa shape index (κ1) is 10.3. The molecule has 76 valence electrons. The van der Waals surface area contributed by atoms with Gasteiger partial charge < -0.3 is 20.7 Å². The highest BCUT2D eigenvalue weighted by atomic mass is 16.5. The maximum absolute atomic E-state index is 11.0. The van der Waals surface area contributed by atoms with Crippen molar-refractivity contribution in [3.63, 3.8) is 0 Å². The van der Waals surface area contributed by atoms with E-state index in [0.717, 1.165) is 6.07 Å². The molecule has 0 radical (unpaired) electrons. The smallest absolute Gasteiger partial charge is 0.327 e. The van der Waals surface area contributed by atoms with Gasteiger partial charge in [0.25, 0.3) is 0 Å². The number of esters is 1. The number of aromatic hydroxyl groups is 2. The Morgan fingerprint density at radius 2 is 2.14 bits per heavy atom. The van der Waals surface area contributed by atoms with Gasteiger partial charge in [0, 0.05) is 11.6 Å². The molecule has 0 amide bonds. The van der Waals surface area contributed by atoms with Gasteiger partial charge in [-0.1, -0.05) is 0 Å². The quantitative estimate of drug-likeness (QED) is 0.592. The van der Waals surface area contributed by atoms with Crippen LogP contribution in [0.1, 0.15) is 11.6 Å². The highest BCUT2D eigenvalue weighted by Gasteiger charge is 2.19. The molecule has 0 bridgehead atoms. The summed E-state index contributed by atoms with van der Waals surface area (Å²) in [7, 11) is 1.21. The Morgan fingerprint density at radius 3 is 2.64 bits per heavy atom. The molecule has 0 heterocycles. The first-order valence-electron chi connectivity index (χ1n) is 3.91. The van der Waals surface area contributed by atoms with E-state index in [1.165, 1.54) is 19.2 Å². The second kappa shape index (κ2) is 3.97. The number of benzene rings is 1. The van der Waals surface area contributed by atoms with Crippen molar-refractivity contribution in [2.24, 2.45) is 5.73 Å². The molecule has 0 spiro atoms. The lowest BCUT2D eigenvalue weighted by Gasteiger charge is -2.11. The number of methoxy groups -OCH3 is 1. The van der Waals surface area contributed by atoms with Gasteiger partial charge in [0.2, 0.25) is 0 Å². The van der Waals surface area contributed by atoms with Crippen LogP contribution in [0.25, 0.3) is 0 Å². The van der Waals surface area contributed by atoms with Crippen molar-refractivity contribution in [1.82, 2.24) is 0 Å². The number of phenols is 2. The standard InChI is InChI=1S/C9H11NO4/c1-14-9(13)8(10)6-3-2-5(11)4-7(6)12/h2-4,8,11-12H,10H2,1H3. The van der Waals surface area contributed by atoms with Crippen molar-refractivity contribution in [3.8, 4) is 11.5 Å². The van der Waals surface area contributed by atoms with Crippen molar-refractivity contribution in [2.75, 3.05) is 7.11 Å². The molecule has 4 N–H and O–H groups in total. The molecule has 0 aliphatic heterocycles. The summed E-state index contributed by atoms with van der Waals surface area (Å²) in [4.78, 5) is 11.0. The van der Waals surface area contributed by atoms with Crippen LogP contribution in [0.4, 0.5) is 0 Å². The molecule has 1 unspecified atom stereocenters. The number of hydrogen-bond donors (Lipinski definition) is 3. The Kier molecular flexibility index (Phi) is 2.93. The summed E-state index contributed by atoms with van der Waals surface area (Å²) in [5, 5.41) is 18.4. The minimum Gasteiger partial charge on any atom is -0.508 e. The molecular formula is C9H11NO4. The van der Waals surface area contributed by atoms with Crippen LogP contribution in [0.2, 0.25) is 0 Å². The summed E-state index contributed by atoms with van der Waals surface area (Å²) in [6, 6.07) is 2.77. The lowest BCUT2D eigenvalue weighted by atomic mass is 10.1. The zero-order chi connectivity index (χ0) is 10.7.